The molecule has 0 saturated carbocycles. The average molecular weight is 140 g/mol. The van der Waals surface area contributed by atoms with Crippen LogP contribution in [-0.2, 0) is 4.79 Å². The lowest BCUT2D eigenvalue weighted by Crippen LogP contribution is -2.38. The predicted octanol–water partition coefficient (Wildman–Crippen LogP) is 0.903. The summed E-state index contributed by atoms with van der Waals surface area (Å²) in [5, 5.41) is 9.53. The van der Waals surface area contributed by atoms with Gasteiger partial charge < -0.3 is 9.90 Å². The van der Waals surface area contributed by atoms with Crippen LogP contribution in [0.4, 0.5) is 0 Å². The van der Waals surface area contributed by atoms with Crippen LogP contribution in [0.2, 0.25) is 0 Å². The zero-order chi connectivity index (χ0) is 7.61. The molecular formula is C8H12O2. The van der Waals surface area contributed by atoms with Crippen molar-refractivity contribution in [1.82, 2.24) is 0 Å². The van der Waals surface area contributed by atoms with Crippen LogP contribution in [0.5, 0.6) is 0 Å². The van der Waals surface area contributed by atoms with Crippen molar-refractivity contribution in [3.63, 3.8) is 0 Å². The highest BCUT2D eigenvalue weighted by molar-refractivity contribution is 5.63. The lowest BCUT2D eigenvalue weighted by atomic mass is 9.82. The standard InChI is InChI=1S/C8H12O2/c1-7-4-2-3-5-8(7,10)6-9/h2,4,6-7,10H,3,5H2,1H3. The van der Waals surface area contributed by atoms with E-state index < -0.39 is 5.60 Å². The van der Waals surface area contributed by atoms with Gasteiger partial charge in [-0.05, 0) is 12.8 Å². The summed E-state index contributed by atoms with van der Waals surface area (Å²) in [6.45, 7) is 1.85. The van der Waals surface area contributed by atoms with Gasteiger partial charge in [0.05, 0.1) is 0 Å². The number of hydrogen-bond acceptors (Lipinski definition) is 2. The Morgan fingerprint density at radius 2 is 2.50 bits per heavy atom. The lowest BCUT2D eigenvalue weighted by Gasteiger charge is -2.28. The van der Waals surface area contributed by atoms with Crippen LogP contribution in [0.25, 0.3) is 0 Å². The average Bonchev–Trinajstić information content (AvgIpc) is 1.96. The number of carbonyl (C=O) groups excluding carboxylic acids is 1. The Bertz CT molecular complexity index is 163. The van der Waals surface area contributed by atoms with Crippen LogP contribution in [0.1, 0.15) is 19.8 Å². The summed E-state index contributed by atoms with van der Waals surface area (Å²) in [7, 11) is 0. The second-order valence-electron chi connectivity index (χ2n) is 2.86. The van der Waals surface area contributed by atoms with Gasteiger partial charge in [-0.2, -0.15) is 0 Å². The van der Waals surface area contributed by atoms with Gasteiger partial charge in [-0.3, -0.25) is 0 Å². The number of aliphatic hydroxyl groups is 1. The smallest absolute Gasteiger partial charge is 0.152 e. The fraction of sp³-hybridized carbons (Fsp3) is 0.625. The third-order valence-electron chi connectivity index (χ3n) is 2.13. The maximum absolute atomic E-state index is 10.4. The normalized spacial score (nSPS) is 39.6. The van der Waals surface area contributed by atoms with Crippen LogP contribution in [0.15, 0.2) is 12.2 Å². The van der Waals surface area contributed by atoms with E-state index in [1.54, 1.807) is 0 Å². The highest BCUT2D eigenvalue weighted by atomic mass is 16.3. The van der Waals surface area contributed by atoms with Gasteiger partial charge in [-0.1, -0.05) is 19.1 Å². The molecule has 0 fully saturated rings. The molecular weight excluding hydrogens is 128 g/mol. The molecule has 0 bridgehead atoms. The third-order valence-corrected chi connectivity index (χ3v) is 2.13. The van der Waals surface area contributed by atoms with Crippen LogP contribution < -0.4 is 0 Å². The minimum atomic E-state index is -1.09. The number of aldehydes is 1. The van der Waals surface area contributed by atoms with Gasteiger partial charge in [0.2, 0.25) is 0 Å². The Hall–Kier alpha value is -0.630. The van der Waals surface area contributed by atoms with Crippen molar-refractivity contribution in [1.29, 1.82) is 0 Å². The molecule has 0 aromatic carbocycles. The highest BCUT2D eigenvalue weighted by Crippen LogP contribution is 2.26. The molecule has 0 aliphatic heterocycles. The van der Waals surface area contributed by atoms with Crippen molar-refractivity contribution in [2.24, 2.45) is 5.92 Å². The van der Waals surface area contributed by atoms with Crippen LogP contribution in [0, 0.1) is 5.92 Å². The van der Waals surface area contributed by atoms with Crippen molar-refractivity contribution in [3.05, 3.63) is 12.2 Å². The van der Waals surface area contributed by atoms with E-state index in [4.69, 9.17) is 0 Å². The van der Waals surface area contributed by atoms with Crippen molar-refractivity contribution in [3.8, 4) is 0 Å². The summed E-state index contributed by atoms with van der Waals surface area (Å²) in [6.07, 6.45) is 5.91. The molecule has 1 rings (SSSR count). The predicted molar refractivity (Wildman–Crippen MR) is 38.6 cm³/mol. The number of hydrogen-bond donors (Lipinski definition) is 1. The molecule has 56 valence electrons. The Morgan fingerprint density at radius 3 is 2.90 bits per heavy atom. The van der Waals surface area contributed by atoms with Gasteiger partial charge in [0.15, 0.2) is 6.29 Å². The number of rotatable bonds is 1. The molecule has 2 nitrogen and oxygen atoms in total. The van der Waals surface area contributed by atoms with Gasteiger partial charge in [0.1, 0.15) is 5.60 Å². The third kappa shape index (κ3) is 1.12. The summed E-state index contributed by atoms with van der Waals surface area (Å²) in [5.74, 6) is -0.0289. The van der Waals surface area contributed by atoms with Crippen molar-refractivity contribution in [2.75, 3.05) is 0 Å². The molecule has 10 heavy (non-hydrogen) atoms. The van der Waals surface area contributed by atoms with Crippen LogP contribution in [-0.4, -0.2) is 17.0 Å². The van der Waals surface area contributed by atoms with Crippen LogP contribution in [0.3, 0.4) is 0 Å². The summed E-state index contributed by atoms with van der Waals surface area (Å²) in [5.41, 5.74) is -1.09. The molecule has 0 aromatic rings. The molecule has 1 aliphatic carbocycles. The largest absolute Gasteiger partial charge is 0.382 e. The number of carbonyl (C=O) groups is 1. The molecule has 0 heterocycles. The first-order valence-corrected chi connectivity index (χ1v) is 3.54. The lowest BCUT2D eigenvalue weighted by molar-refractivity contribution is -0.128. The fourth-order valence-corrected chi connectivity index (χ4v) is 1.18. The van der Waals surface area contributed by atoms with Crippen molar-refractivity contribution in [2.45, 2.75) is 25.4 Å². The molecule has 0 saturated heterocycles. The minimum absolute atomic E-state index is 0.0289. The summed E-state index contributed by atoms with van der Waals surface area (Å²) >= 11 is 0. The first-order valence-electron chi connectivity index (χ1n) is 3.54. The highest BCUT2D eigenvalue weighted by Gasteiger charge is 2.32. The Labute approximate surface area is 60.6 Å². The Kier molecular flexibility index (Phi) is 1.90. The van der Waals surface area contributed by atoms with E-state index in [9.17, 15) is 9.90 Å². The molecule has 0 amide bonds. The van der Waals surface area contributed by atoms with Gasteiger partial charge in [0.25, 0.3) is 0 Å². The first kappa shape index (κ1) is 7.48. The fourth-order valence-electron chi connectivity index (χ4n) is 1.18. The maximum Gasteiger partial charge on any atom is 0.152 e. The SMILES string of the molecule is CC1C=CCCC1(O)C=O. The Morgan fingerprint density at radius 1 is 1.80 bits per heavy atom. The monoisotopic (exact) mass is 140 g/mol. The Balaban J connectivity index is 2.77. The van der Waals surface area contributed by atoms with Gasteiger partial charge >= 0.3 is 0 Å². The van der Waals surface area contributed by atoms with E-state index >= 15 is 0 Å². The molecule has 0 spiro atoms. The molecule has 0 radical (unpaired) electrons. The zero-order valence-electron chi connectivity index (χ0n) is 6.08. The van der Waals surface area contributed by atoms with E-state index in [1.165, 1.54) is 0 Å². The quantitative estimate of drug-likeness (QED) is 0.434. The summed E-state index contributed by atoms with van der Waals surface area (Å²) in [4.78, 5) is 10.4. The first-order chi connectivity index (χ1) is 4.69. The molecule has 2 heteroatoms. The molecule has 1 N–H and O–H groups in total. The van der Waals surface area contributed by atoms with E-state index in [0.29, 0.717) is 12.7 Å². The van der Waals surface area contributed by atoms with E-state index in [-0.39, 0.29) is 5.92 Å². The topological polar surface area (TPSA) is 37.3 Å². The molecule has 2 atom stereocenters. The second kappa shape index (κ2) is 2.54. The molecule has 0 aromatic heterocycles. The number of allylic oxidation sites excluding steroid dienone is 1. The molecule has 1 aliphatic rings. The zero-order valence-corrected chi connectivity index (χ0v) is 6.08. The van der Waals surface area contributed by atoms with Gasteiger partial charge in [-0.25, -0.2) is 0 Å². The van der Waals surface area contributed by atoms with Crippen molar-refractivity contribution < 1.29 is 9.90 Å². The maximum atomic E-state index is 10.4. The summed E-state index contributed by atoms with van der Waals surface area (Å²) < 4.78 is 0. The van der Waals surface area contributed by atoms with Crippen molar-refractivity contribution >= 4 is 6.29 Å². The van der Waals surface area contributed by atoms with E-state index in [1.807, 2.05) is 19.1 Å². The van der Waals surface area contributed by atoms with Gasteiger partial charge in [0, 0.05) is 5.92 Å². The van der Waals surface area contributed by atoms with Gasteiger partial charge in [-0.15, -0.1) is 0 Å². The second-order valence-corrected chi connectivity index (χ2v) is 2.86. The van der Waals surface area contributed by atoms with E-state index in [2.05, 4.69) is 0 Å². The van der Waals surface area contributed by atoms with Crippen LogP contribution >= 0.6 is 0 Å². The van der Waals surface area contributed by atoms with E-state index in [0.717, 1.165) is 6.42 Å². The molecule has 2 unspecified atom stereocenters. The minimum Gasteiger partial charge on any atom is -0.382 e. The summed E-state index contributed by atoms with van der Waals surface area (Å²) in [6, 6.07) is 0.